The minimum Gasteiger partial charge on any atom is -0.489 e. The number of ether oxygens (including phenoxy) is 1. The summed E-state index contributed by atoms with van der Waals surface area (Å²) in [6.07, 6.45) is 7.71. The molecule has 1 aromatic heterocycles. The van der Waals surface area contributed by atoms with Crippen LogP contribution in [-0.4, -0.2) is 22.6 Å². The number of nitrogens with one attached hydrogen (secondary N) is 1. The van der Waals surface area contributed by atoms with E-state index in [-0.39, 0.29) is 6.42 Å². The predicted octanol–water partition coefficient (Wildman–Crippen LogP) is 3.79. The summed E-state index contributed by atoms with van der Waals surface area (Å²) in [5, 5.41) is 12.0. The lowest BCUT2D eigenvalue weighted by Crippen LogP contribution is -2.14. The molecule has 2 N–H and O–H groups in total. The molecule has 0 aliphatic heterocycles. The van der Waals surface area contributed by atoms with Crippen molar-refractivity contribution in [2.45, 2.75) is 45.3 Å². The molecule has 25 heavy (non-hydrogen) atoms. The molecule has 2 rings (SSSR count). The Hall–Kier alpha value is -2.40. The second-order valence-corrected chi connectivity index (χ2v) is 6.02. The van der Waals surface area contributed by atoms with Crippen LogP contribution in [0.5, 0.6) is 5.75 Å². The Kier molecular flexibility index (Phi) is 8.49. The molecule has 0 aliphatic carbocycles. The molecule has 0 atom stereocenters. The number of nitrogens with zero attached hydrogens (tertiary/aromatic N) is 1. The summed E-state index contributed by atoms with van der Waals surface area (Å²) in [5.41, 5.74) is 2.33. The normalized spacial score (nSPS) is 10.6. The molecule has 5 heteroatoms. The van der Waals surface area contributed by atoms with Gasteiger partial charge in [0.1, 0.15) is 12.4 Å². The second-order valence-electron chi connectivity index (χ2n) is 6.02. The molecule has 0 bridgehead atoms. The molecular weight excluding hydrogens is 316 g/mol. The number of benzene rings is 1. The topological polar surface area (TPSA) is 71.5 Å². The fourth-order valence-corrected chi connectivity index (χ4v) is 2.46. The van der Waals surface area contributed by atoms with E-state index in [2.05, 4.69) is 22.4 Å². The molecule has 0 spiro atoms. The van der Waals surface area contributed by atoms with Gasteiger partial charge in [0, 0.05) is 25.4 Å². The fraction of sp³-hybridized carbons (Fsp3) is 0.400. The quantitative estimate of drug-likeness (QED) is 0.574. The third-order valence-corrected chi connectivity index (χ3v) is 3.90. The van der Waals surface area contributed by atoms with Crippen LogP contribution in [0.4, 0.5) is 0 Å². The molecule has 0 amide bonds. The van der Waals surface area contributed by atoms with E-state index in [4.69, 9.17) is 9.84 Å². The molecule has 0 saturated heterocycles. The van der Waals surface area contributed by atoms with E-state index in [1.54, 1.807) is 12.4 Å². The average Bonchev–Trinajstić information content (AvgIpc) is 2.64. The predicted molar refractivity (Wildman–Crippen MR) is 97.4 cm³/mol. The Bertz CT molecular complexity index is 615. The molecule has 1 heterocycles. The van der Waals surface area contributed by atoms with Crippen molar-refractivity contribution in [2.75, 3.05) is 6.54 Å². The summed E-state index contributed by atoms with van der Waals surface area (Å²) in [7, 11) is 0. The van der Waals surface area contributed by atoms with Crippen LogP contribution < -0.4 is 10.1 Å². The van der Waals surface area contributed by atoms with Crippen LogP contribution in [0.2, 0.25) is 0 Å². The molecule has 5 nitrogen and oxygen atoms in total. The Morgan fingerprint density at radius 3 is 2.40 bits per heavy atom. The van der Waals surface area contributed by atoms with Crippen molar-refractivity contribution in [3.63, 3.8) is 0 Å². The molecule has 0 fully saturated rings. The van der Waals surface area contributed by atoms with E-state index < -0.39 is 5.97 Å². The van der Waals surface area contributed by atoms with Gasteiger partial charge in [-0.25, -0.2) is 0 Å². The van der Waals surface area contributed by atoms with E-state index in [1.807, 2.05) is 24.3 Å². The highest BCUT2D eigenvalue weighted by Crippen LogP contribution is 2.14. The van der Waals surface area contributed by atoms with Crippen molar-refractivity contribution in [1.29, 1.82) is 0 Å². The average molecular weight is 342 g/mol. The molecule has 0 unspecified atom stereocenters. The Morgan fingerprint density at radius 2 is 1.68 bits per heavy atom. The summed E-state index contributed by atoms with van der Waals surface area (Å²) in [4.78, 5) is 14.4. The van der Waals surface area contributed by atoms with Gasteiger partial charge in [-0.3, -0.25) is 9.78 Å². The first-order valence-electron chi connectivity index (χ1n) is 8.77. The van der Waals surface area contributed by atoms with Crippen molar-refractivity contribution in [3.8, 4) is 5.75 Å². The zero-order valence-corrected chi connectivity index (χ0v) is 14.5. The van der Waals surface area contributed by atoms with Crippen molar-refractivity contribution < 1.29 is 14.6 Å². The van der Waals surface area contributed by atoms with Crippen LogP contribution in [-0.2, 0) is 17.9 Å². The third kappa shape index (κ3) is 8.31. The Morgan fingerprint density at radius 1 is 0.960 bits per heavy atom. The first kappa shape index (κ1) is 18.9. The van der Waals surface area contributed by atoms with Gasteiger partial charge in [0.05, 0.1) is 0 Å². The van der Waals surface area contributed by atoms with Crippen LogP contribution in [0.25, 0.3) is 0 Å². The van der Waals surface area contributed by atoms with Crippen LogP contribution in [0, 0.1) is 0 Å². The largest absolute Gasteiger partial charge is 0.489 e. The maximum Gasteiger partial charge on any atom is 0.303 e. The lowest BCUT2D eigenvalue weighted by Gasteiger charge is -2.08. The third-order valence-electron chi connectivity index (χ3n) is 3.90. The summed E-state index contributed by atoms with van der Waals surface area (Å²) < 4.78 is 5.75. The highest BCUT2D eigenvalue weighted by molar-refractivity contribution is 5.66. The van der Waals surface area contributed by atoms with Gasteiger partial charge in [-0.1, -0.05) is 25.0 Å². The number of aliphatic carboxylic acids is 1. The molecule has 0 saturated carbocycles. The number of hydrogen-bond donors (Lipinski definition) is 2. The molecule has 134 valence electrons. The maximum absolute atomic E-state index is 10.4. The van der Waals surface area contributed by atoms with Crippen molar-refractivity contribution in [3.05, 3.63) is 59.9 Å². The Labute approximate surface area is 149 Å². The first-order valence-corrected chi connectivity index (χ1v) is 8.77. The minimum absolute atomic E-state index is 0.281. The summed E-state index contributed by atoms with van der Waals surface area (Å²) >= 11 is 0. The number of carboxylic acid groups (broad SMARTS) is 1. The smallest absolute Gasteiger partial charge is 0.303 e. The first-order chi connectivity index (χ1) is 12.2. The number of rotatable bonds is 12. The van der Waals surface area contributed by atoms with E-state index >= 15 is 0 Å². The van der Waals surface area contributed by atoms with Gasteiger partial charge in [0.15, 0.2) is 0 Å². The van der Waals surface area contributed by atoms with Gasteiger partial charge in [-0.2, -0.15) is 0 Å². The molecular formula is C20H26N2O3. The lowest BCUT2D eigenvalue weighted by molar-refractivity contribution is -0.137. The zero-order valence-electron chi connectivity index (χ0n) is 14.5. The van der Waals surface area contributed by atoms with Crippen LogP contribution in [0.3, 0.4) is 0 Å². The molecule has 2 aromatic rings. The van der Waals surface area contributed by atoms with Crippen LogP contribution >= 0.6 is 0 Å². The van der Waals surface area contributed by atoms with Gasteiger partial charge < -0.3 is 15.2 Å². The Balaban J connectivity index is 1.56. The van der Waals surface area contributed by atoms with E-state index in [1.165, 1.54) is 5.56 Å². The summed E-state index contributed by atoms with van der Waals surface area (Å²) in [6.45, 7) is 2.33. The van der Waals surface area contributed by atoms with Crippen molar-refractivity contribution in [2.24, 2.45) is 0 Å². The number of aromatic nitrogens is 1. The number of carboxylic acids is 1. The second kappa shape index (κ2) is 11.2. The van der Waals surface area contributed by atoms with Gasteiger partial charge >= 0.3 is 5.97 Å². The maximum atomic E-state index is 10.4. The van der Waals surface area contributed by atoms with Crippen LogP contribution in [0.1, 0.15) is 43.2 Å². The number of carbonyl (C=O) groups is 1. The number of hydrogen-bond acceptors (Lipinski definition) is 4. The van der Waals surface area contributed by atoms with Gasteiger partial charge in [-0.05, 0) is 54.8 Å². The van der Waals surface area contributed by atoms with E-state index in [9.17, 15) is 4.79 Å². The lowest BCUT2D eigenvalue weighted by atomic mass is 10.1. The standard InChI is InChI=1S/C20H26N2O3/c23-20(24)5-3-1-2-4-12-22-15-17-6-8-19(9-7-17)25-16-18-10-13-21-14-11-18/h6-11,13-14,22H,1-5,12,15-16H2,(H,23,24). The number of unbranched alkanes of at least 4 members (excludes halogenated alkanes) is 3. The number of pyridine rings is 1. The highest BCUT2D eigenvalue weighted by Gasteiger charge is 1.99. The van der Waals surface area contributed by atoms with Crippen LogP contribution in [0.15, 0.2) is 48.8 Å². The van der Waals surface area contributed by atoms with E-state index in [0.29, 0.717) is 6.61 Å². The van der Waals surface area contributed by atoms with Crippen molar-refractivity contribution >= 4 is 5.97 Å². The molecule has 0 aliphatic rings. The zero-order chi connectivity index (χ0) is 17.7. The van der Waals surface area contributed by atoms with Gasteiger partial charge in [0.2, 0.25) is 0 Å². The molecule has 1 aromatic carbocycles. The van der Waals surface area contributed by atoms with Gasteiger partial charge in [0.25, 0.3) is 0 Å². The summed E-state index contributed by atoms with van der Waals surface area (Å²) in [5.74, 6) is 0.158. The fourth-order valence-electron chi connectivity index (χ4n) is 2.46. The van der Waals surface area contributed by atoms with E-state index in [0.717, 1.165) is 50.1 Å². The summed E-state index contributed by atoms with van der Waals surface area (Å²) in [6, 6.07) is 12.0. The monoisotopic (exact) mass is 342 g/mol. The SMILES string of the molecule is O=C(O)CCCCCCNCc1ccc(OCc2ccncc2)cc1. The van der Waals surface area contributed by atoms with Gasteiger partial charge in [-0.15, -0.1) is 0 Å². The molecule has 0 radical (unpaired) electrons. The van der Waals surface area contributed by atoms with Crippen molar-refractivity contribution in [1.82, 2.24) is 10.3 Å². The highest BCUT2D eigenvalue weighted by atomic mass is 16.5. The minimum atomic E-state index is -0.702.